The van der Waals surface area contributed by atoms with Crippen LogP contribution in [-0.2, 0) is 0 Å². The highest BCUT2D eigenvalue weighted by Gasteiger charge is 2.42. The van der Waals surface area contributed by atoms with Crippen LogP contribution in [0.25, 0.3) is 0 Å². The topological polar surface area (TPSA) is 61.4 Å². The zero-order chi connectivity index (χ0) is 17.1. The first-order valence-corrected chi connectivity index (χ1v) is 7.77. The predicted molar refractivity (Wildman–Crippen MR) is 85.4 cm³/mol. The van der Waals surface area contributed by atoms with Gasteiger partial charge in [0.15, 0.2) is 0 Å². The lowest BCUT2D eigenvalue weighted by Gasteiger charge is -2.17. The summed E-state index contributed by atoms with van der Waals surface area (Å²) in [5.41, 5.74) is 0.798. The molecule has 0 saturated heterocycles. The molecule has 1 saturated carbocycles. The Morgan fingerprint density at radius 2 is 1.79 bits per heavy atom. The normalized spacial score (nSPS) is 20.3. The summed E-state index contributed by atoms with van der Waals surface area (Å²) in [6.07, 6.45) is 0.487. The summed E-state index contributed by atoms with van der Waals surface area (Å²) in [5.74, 6) is -1.55. The molecule has 4 nitrogen and oxygen atoms in total. The van der Waals surface area contributed by atoms with Gasteiger partial charge in [-0.05, 0) is 24.1 Å². The van der Waals surface area contributed by atoms with E-state index < -0.39 is 23.7 Å². The van der Waals surface area contributed by atoms with Crippen molar-refractivity contribution in [3.05, 3.63) is 71.3 Å². The fourth-order valence-electron chi connectivity index (χ4n) is 2.83. The fourth-order valence-corrected chi connectivity index (χ4v) is 2.83. The predicted octanol–water partition coefficient (Wildman–Crippen LogP) is 2.85. The smallest absolute Gasteiger partial charge is 0.315 e. The maximum Gasteiger partial charge on any atom is 0.315 e. The Labute approximate surface area is 138 Å². The van der Waals surface area contributed by atoms with Crippen LogP contribution in [-0.4, -0.2) is 23.8 Å². The van der Waals surface area contributed by atoms with Gasteiger partial charge in [-0.25, -0.2) is 13.6 Å². The third kappa shape index (κ3) is 3.54. The maximum atomic E-state index is 13.7. The first-order valence-electron chi connectivity index (χ1n) is 7.77. The number of carbonyl (C=O) groups excluding carboxylic acids is 1. The molecule has 24 heavy (non-hydrogen) atoms. The van der Waals surface area contributed by atoms with Crippen molar-refractivity contribution < 1.29 is 18.7 Å². The minimum absolute atomic E-state index is 0.0181. The van der Waals surface area contributed by atoms with Crippen LogP contribution in [0.1, 0.15) is 29.5 Å². The van der Waals surface area contributed by atoms with E-state index in [1.807, 2.05) is 18.2 Å². The van der Waals surface area contributed by atoms with Crippen LogP contribution in [0.5, 0.6) is 0 Å². The lowest BCUT2D eigenvalue weighted by molar-refractivity contribution is 0.216. The zero-order valence-electron chi connectivity index (χ0n) is 12.9. The van der Waals surface area contributed by atoms with Gasteiger partial charge >= 0.3 is 6.03 Å². The van der Waals surface area contributed by atoms with E-state index in [-0.39, 0.29) is 24.1 Å². The van der Waals surface area contributed by atoms with Gasteiger partial charge in [0.1, 0.15) is 11.6 Å². The van der Waals surface area contributed by atoms with Gasteiger partial charge in [-0.2, -0.15) is 0 Å². The van der Waals surface area contributed by atoms with Gasteiger partial charge in [-0.3, -0.25) is 0 Å². The number of hydrogen-bond acceptors (Lipinski definition) is 2. The Morgan fingerprint density at radius 3 is 2.42 bits per heavy atom. The van der Waals surface area contributed by atoms with Crippen LogP contribution in [0.15, 0.2) is 48.5 Å². The van der Waals surface area contributed by atoms with Crippen molar-refractivity contribution >= 4 is 6.03 Å². The van der Waals surface area contributed by atoms with Crippen molar-refractivity contribution in [2.75, 3.05) is 6.61 Å². The molecule has 3 rings (SSSR count). The van der Waals surface area contributed by atoms with Crippen LogP contribution in [0, 0.1) is 11.6 Å². The van der Waals surface area contributed by atoms with Crippen molar-refractivity contribution in [1.29, 1.82) is 0 Å². The lowest BCUT2D eigenvalue weighted by atomic mass is 10.1. The number of aliphatic hydroxyl groups excluding tert-OH is 1. The van der Waals surface area contributed by atoms with E-state index in [0.717, 1.165) is 5.56 Å². The molecule has 0 bridgehead atoms. The third-order valence-electron chi connectivity index (χ3n) is 4.17. The molecule has 2 aromatic carbocycles. The molecule has 6 heteroatoms. The van der Waals surface area contributed by atoms with Crippen LogP contribution in [0.4, 0.5) is 13.6 Å². The number of rotatable bonds is 5. The summed E-state index contributed by atoms with van der Waals surface area (Å²) in [4.78, 5) is 12.1. The molecule has 0 aromatic heterocycles. The number of benzene rings is 2. The van der Waals surface area contributed by atoms with Crippen molar-refractivity contribution in [3.8, 4) is 0 Å². The average Bonchev–Trinajstić information content (AvgIpc) is 3.31. The summed E-state index contributed by atoms with van der Waals surface area (Å²) in [7, 11) is 0. The van der Waals surface area contributed by atoms with E-state index in [4.69, 9.17) is 0 Å². The zero-order valence-corrected chi connectivity index (χ0v) is 12.9. The molecule has 1 aliphatic carbocycles. The molecule has 1 fully saturated rings. The number of aliphatic hydroxyl groups is 1. The molecule has 126 valence electrons. The highest BCUT2D eigenvalue weighted by molar-refractivity contribution is 5.75. The summed E-state index contributed by atoms with van der Waals surface area (Å²) >= 11 is 0. The standard InChI is InChI=1S/C18H18F2N2O2/c19-13-7-4-8-14(20)17(13)12-9-15(12)21-18(24)22-16(10-23)11-5-2-1-3-6-11/h1-8,12,15-16,23H,9-10H2,(H2,21,22,24)/t12?,15?,16-/m1/s1. The Bertz CT molecular complexity index is 704. The van der Waals surface area contributed by atoms with Crippen LogP contribution in [0.3, 0.4) is 0 Å². The van der Waals surface area contributed by atoms with Crippen molar-refractivity contribution in [3.63, 3.8) is 0 Å². The van der Waals surface area contributed by atoms with E-state index in [2.05, 4.69) is 10.6 Å². The van der Waals surface area contributed by atoms with Crippen molar-refractivity contribution in [1.82, 2.24) is 10.6 Å². The fraction of sp³-hybridized carbons (Fsp3) is 0.278. The Hall–Kier alpha value is -2.47. The molecule has 2 unspecified atom stereocenters. The number of carbonyl (C=O) groups is 1. The molecule has 0 heterocycles. The first kappa shape index (κ1) is 16.4. The number of hydrogen-bond donors (Lipinski definition) is 3. The molecule has 3 atom stereocenters. The maximum absolute atomic E-state index is 13.7. The number of halogens is 2. The van der Waals surface area contributed by atoms with Crippen LogP contribution < -0.4 is 10.6 Å². The summed E-state index contributed by atoms with van der Waals surface area (Å²) in [6, 6.07) is 11.5. The van der Waals surface area contributed by atoms with Crippen molar-refractivity contribution in [2.45, 2.75) is 24.4 Å². The summed E-state index contributed by atoms with van der Waals surface area (Å²) in [6.45, 7) is -0.243. The van der Waals surface area contributed by atoms with Crippen LogP contribution >= 0.6 is 0 Å². The second-order valence-electron chi connectivity index (χ2n) is 5.85. The van der Waals surface area contributed by atoms with E-state index >= 15 is 0 Å². The highest BCUT2D eigenvalue weighted by atomic mass is 19.1. The second-order valence-corrected chi connectivity index (χ2v) is 5.85. The van der Waals surface area contributed by atoms with Gasteiger partial charge in [0.2, 0.25) is 0 Å². The van der Waals surface area contributed by atoms with Crippen LogP contribution in [0.2, 0.25) is 0 Å². The number of amides is 2. The minimum atomic E-state index is -0.595. The molecule has 1 aliphatic rings. The van der Waals surface area contributed by atoms with Gasteiger partial charge in [-0.1, -0.05) is 36.4 Å². The van der Waals surface area contributed by atoms with Gasteiger partial charge < -0.3 is 15.7 Å². The van der Waals surface area contributed by atoms with Gasteiger partial charge in [0.25, 0.3) is 0 Å². The lowest BCUT2D eigenvalue weighted by Crippen LogP contribution is -2.40. The second kappa shape index (κ2) is 6.97. The molecule has 0 aliphatic heterocycles. The quantitative estimate of drug-likeness (QED) is 0.788. The van der Waals surface area contributed by atoms with E-state index in [1.165, 1.54) is 18.2 Å². The number of urea groups is 1. The monoisotopic (exact) mass is 332 g/mol. The largest absolute Gasteiger partial charge is 0.394 e. The highest BCUT2D eigenvalue weighted by Crippen LogP contribution is 2.43. The van der Waals surface area contributed by atoms with E-state index in [1.54, 1.807) is 12.1 Å². The number of nitrogens with one attached hydrogen (secondary N) is 2. The minimum Gasteiger partial charge on any atom is -0.394 e. The molecule has 3 N–H and O–H groups in total. The average molecular weight is 332 g/mol. The summed E-state index contributed by atoms with van der Waals surface area (Å²) < 4.78 is 27.5. The van der Waals surface area contributed by atoms with E-state index in [9.17, 15) is 18.7 Å². The molecular weight excluding hydrogens is 314 g/mol. The Balaban J connectivity index is 1.59. The summed E-state index contributed by atoms with van der Waals surface area (Å²) in [5, 5.41) is 14.8. The van der Waals surface area contributed by atoms with Gasteiger partial charge in [-0.15, -0.1) is 0 Å². The van der Waals surface area contributed by atoms with Gasteiger partial charge in [0.05, 0.1) is 12.6 Å². The Morgan fingerprint density at radius 1 is 1.12 bits per heavy atom. The van der Waals surface area contributed by atoms with E-state index in [0.29, 0.717) is 6.42 Å². The Kier molecular flexibility index (Phi) is 4.76. The molecule has 2 amide bonds. The molecule has 0 radical (unpaired) electrons. The first-order chi connectivity index (χ1) is 11.6. The molecule has 0 spiro atoms. The third-order valence-corrected chi connectivity index (χ3v) is 4.17. The van der Waals surface area contributed by atoms with Crippen molar-refractivity contribution in [2.24, 2.45) is 0 Å². The SMILES string of the molecule is O=C(NC1CC1c1c(F)cccc1F)N[C@H](CO)c1ccccc1. The molecule has 2 aromatic rings. The van der Waals surface area contributed by atoms with Gasteiger partial charge in [0, 0.05) is 17.5 Å². The molecular formula is C18H18F2N2O2.